The van der Waals surface area contributed by atoms with Crippen molar-refractivity contribution in [1.82, 2.24) is 14.7 Å². The van der Waals surface area contributed by atoms with Gasteiger partial charge in [-0.05, 0) is 87.4 Å². The highest BCUT2D eigenvalue weighted by atomic mass is 19.1. The summed E-state index contributed by atoms with van der Waals surface area (Å²) in [6.45, 7) is 5.71. The van der Waals surface area contributed by atoms with E-state index in [0.717, 1.165) is 63.4 Å². The standard InChI is InChI=1S/C27H28FN3O3/c1-15-10-18(12-21(28)11-15)13-25-29-23-14-20(26-16(2)30-34-17(26)3)6-9-24(23)31(25)22-7-4-19(5-8-22)27(32)33/h6,9-12,14,19,22H,4-5,7-8,13H2,1-3H3,(H,32,33). The van der Waals surface area contributed by atoms with Crippen molar-refractivity contribution in [2.24, 2.45) is 5.92 Å². The molecule has 2 aromatic carbocycles. The molecule has 0 aliphatic heterocycles. The molecule has 0 bridgehead atoms. The van der Waals surface area contributed by atoms with Crippen LogP contribution >= 0.6 is 0 Å². The predicted molar refractivity (Wildman–Crippen MR) is 127 cm³/mol. The Kier molecular flexibility index (Phi) is 5.71. The Morgan fingerprint density at radius 3 is 2.53 bits per heavy atom. The second-order valence-electron chi connectivity index (χ2n) is 9.46. The monoisotopic (exact) mass is 461 g/mol. The molecule has 7 heteroatoms. The topological polar surface area (TPSA) is 81.2 Å². The lowest BCUT2D eigenvalue weighted by Crippen LogP contribution is -2.24. The van der Waals surface area contributed by atoms with E-state index in [1.165, 1.54) is 6.07 Å². The largest absolute Gasteiger partial charge is 0.481 e. The van der Waals surface area contributed by atoms with Crippen LogP contribution in [0.25, 0.3) is 22.2 Å². The van der Waals surface area contributed by atoms with E-state index in [4.69, 9.17) is 9.51 Å². The van der Waals surface area contributed by atoms with Gasteiger partial charge in [0.2, 0.25) is 0 Å². The lowest BCUT2D eigenvalue weighted by atomic mass is 9.86. The number of fused-ring (bicyclic) bond motifs is 1. The van der Waals surface area contributed by atoms with E-state index in [1.807, 2.05) is 26.8 Å². The Morgan fingerprint density at radius 2 is 1.88 bits per heavy atom. The lowest BCUT2D eigenvalue weighted by Gasteiger charge is -2.29. The summed E-state index contributed by atoms with van der Waals surface area (Å²) in [6, 6.07) is 11.4. The minimum absolute atomic E-state index is 0.162. The number of aromatic nitrogens is 3. The van der Waals surface area contributed by atoms with Crippen molar-refractivity contribution in [2.75, 3.05) is 0 Å². The van der Waals surface area contributed by atoms with Gasteiger partial charge in [-0.15, -0.1) is 0 Å². The average Bonchev–Trinajstić information content (AvgIpc) is 3.31. The van der Waals surface area contributed by atoms with Gasteiger partial charge in [0.15, 0.2) is 0 Å². The van der Waals surface area contributed by atoms with Crippen LogP contribution in [0.4, 0.5) is 4.39 Å². The van der Waals surface area contributed by atoms with Crippen LogP contribution in [0.15, 0.2) is 40.9 Å². The number of nitrogens with zero attached hydrogens (tertiary/aromatic N) is 3. The molecule has 176 valence electrons. The van der Waals surface area contributed by atoms with Crippen LogP contribution in [-0.2, 0) is 11.2 Å². The third-order valence-electron chi connectivity index (χ3n) is 6.96. The first kappa shape index (κ1) is 22.3. The predicted octanol–water partition coefficient (Wildman–Crippen LogP) is 6.16. The van der Waals surface area contributed by atoms with E-state index in [-0.39, 0.29) is 17.8 Å². The number of aryl methyl sites for hydroxylation is 3. The van der Waals surface area contributed by atoms with Crippen LogP contribution in [0.3, 0.4) is 0 Å². The van der Waals surface area contributed by atoms with Crippen molar-refractivity contribution in [2.45, 2.75) is 58.9 Å². The molecule has 0 spiro atoms. The smallest absolute Gasteiger partial charge is 0.306 e. The Balaban J connectivity index is 1.59. The van der Waals surface area contributed by atoms with Crippen LogP contribution < -0.4 is 0 Å². The van der Waals surface area contributed by atoms with Crippen molar-refractivity contribution in [3.63, 3.8) is 0 Å². The van der Waals surface area contributed by atoms with Gasteiger partial charge in [-0.1, -0.05) is 17.3 Å². The van der Waals surface area contributed by atoms with E-state index in [9.17, 15) is 14.3 Å². The summed E-state index contributed by atoms with van der Waals surface area (Å²) in [5, 5.41) is 13.5. The molecule has 1 fully saturated rings. The number of carbonyl (C=O) groups is 1. The SMILES string of the molecule is Cc1cc(F)cc(Cc2nc3cc(-c4c(C)noc4C)ccc3n2C2CCC(C(=O)O)CC2)c1. The molecule has 0 saturated heterocycles. The van der Waals surface area contributed by atoms with Crippen LogP contribution in [-0.4, -0.2) is 25.8 Å². The number of carboxylic acids is 1. The van der Waals surface area contributed by atoms with E-state index < -0.39 is 5.97 Å². The zero-order chi connectivity index (χ0) is 24.0. The number of carboxylic acid groups (broad SMARTS) is 1. The van der Waals surface area contributed by atoms with Crippen molar-refractivity contribution in [1.29, 1.82) is 0 Å². The Morgan fingerprint density at radius 1 is 1.12 bits per heavy atom. The van der Waals surface area contributed by atoms with Crippen molar-refractivity contribution in [3.8, 4) is 11.1 Å². The minimum atomic E-state index is -0.714. The van der Waals surface area contributed by atoms with Crippen molar-refractivity contribution >= 4 is 17.0 Å². The van der Waals surface area contributed by atoms with Gasteiger partial charge < -0.3 is 14.2 Å². The number of hydrogen-bond donors (Lipinski definition) is 1. The fraction of sp³-hybridized carbons (Fsp3) is 0.370. The molecule has 5 rings (SSSR count). The molecule has 1 saturated carbocycles. The van der Waals surface area contributed by atoms with Gasteiger partial charge in [-0.2, -0.15) is 0 Å². The molecule has 1 aliphatic carbocycles. The molecule has 1 N–H and O–H groups in total. The highest BCUT2D eigenvalue weighted by Crippen LogP contribution is 2.37. The first-order chi connectivity index (χ1) is 16.3. The molecule has 1 aliphatic rings. The van der Waals surface area contributed by atoms with Gasteiger partial charge in [0.1, 0.15) is 17.4 Å². The summed E-state index contributed by atoms with van der Waals surface area (Å²) in [4.78, 5) is 16.5. The molecule has 0 atom stereocenters. The molecular weight excluding hydrogens is 433 g/mol. The molecule has 2 heterocycles. The first-order valence-electron chi connectivity index (χ1n) is 11.7. The van der Waals surface area contributed by atoms with Gasteiger partial charge in [-0.3, -0.25) is 4.79 Å². The first-order valence-corrected chi connectivity index (χ1v) is 11.7. The maximum atomic E-state index is 14.1. The summed E-state index contributed by atoms with van der Waals surface area (Å²) in [5.41, 5.74) is 6.42. The van der Waals surface area contributed by atoms with E-state index in [2.05, 4.69) is 27.9 Å². The molecule has 6 nitrogen and oxygen atoms in total. The molecule has 4 aromatic rings. The Bertz CT molecular complexity index is 1340. The summed E-state index contributed by atoms with van der Waals surface area (Å²) >= 11 is 0. The number of benzene rings is 2. The van der Waals surface area contributed by atoms with Gasteiger partial charge >= 0.3 is 5.97 Å². The Hall–Kier alpha value is -3.48. The summed E-state index contributed by atoms with van der Waals surface area (Å²) in [6.07, 6.45) is 3.37. The molecule has 0 radical (unpaired) electrons. The van der Waals surface area contributed by atoms with Gasteiger partial charge in [0.05, 0.1) is 22.6 Å². The quantitative estimate of drug-likeness (QED) is 0.385. The number of rotatable bonds is 5. The zero-order valence-corrected chi connectivity index (χ0v) is 19.6. The average molecular weight is 462 g/mol. The molecular formula is C27H28FN3O3. The number of hydrogen-bond acceptors (Lipinski definition) is 4. The third-order valence-corrected chi connectivity index (χ3v) is 6.96. The highest BCUT2D eigenvalue weighted by Gasteiger charge is 2.29. The van der Waals surface area contributed by atoms with Crippen LogP contribution in [0.2, 0.25) is 0 Å². The number of aliphatic carboxylic acids is 1. The second kappa shape index (κ2) is 8.70. The molecule has 34 heavy (non-hydrogen) atoms. The van der Waals surface area contributed by atoms with E-state index >= 15 is 0 Å². The summed E-state index contributed by atoms with van der Waals surface area (Å²) in [7, 11) is 0. The van der Waals surface area contributed by atoms with Crippen LogP contribution in [0.5, 0.6) is 0 Å². The van der Waals surface area contributed by atoms with Crippen LogP contribution in [0.1, 0.15) is 60.1 Å². The zero-order valence-electron chi connectivity index (χ0n) is 19.6. The molecule has 0 unspecified atom stereocenters. The highest BCUT2D eigenvalue weighted by molar-refractivity contribution is 5.84. The normalized spacial score (nSPS) is 18.5. The van der Waals surface area contributed by atoms with Gasteiger partial charge in [-0.25, -0.2) is 9.37 Å². The van der Waals surface area contributed by atoms with Gasteiger partial charge in [0, 0.05) is 18.0 Å². The number of imidazole rings is 1. The second-order valence-corrected chi connectivity index (χ2v) is 9.46. The van der Waals surface area contributed by atoms with Crippen LogP contribution in [0, 0.1) is 32.5 Å². The van der Waals surface area contributed by atoms with E-state index in [0.29, 0.717) is 19.3 Å². The maximum Gasteiger partial charge on any atom is 0.306 e. The Labute approximate surface area is 197 Å². The third kappa shape index (κ3) is 4.11. The summed E-state index contributed by atoms with van der Waals surface area (Å²) < 4.78 is 21.7. The van der Waals surface area contributed by atoms with Crippen molar-refractivity contribution < 1.29 is 18.8 Å². The fourth-order valence-electron chi connectivity index (χ4n) is 5.41. The maximum absolute atomic E-state index is 14.1. The summed E-state index contributed by atoms with van der Waals surface area (Å²) in [5.74, 6) is 0.383. The lowest BCUT2D eigenvalue weighted by molar-refractivity contribution is -0.143. The van der Waals surface area contributed by atoms with Crippen molar-refractivity contribution in [3.05, 3.63) is 70.6 Å². The minimum Gasteiger partial charge on any atom is -0.481 e. The van der Waals surface area contributed by atoms with Gasteiger partial charge in [0.25, 0.3) is 0 Å². The fourth-order valence-corrected chi connectivity index (χ4v) is 5.41. The molecule has 2 aromatic heterocycles. The van der Waals surface area contributed by atoms with E-state index in [1.54, 1.807) is 6.07 Å². The molecule has 0 amide bonds. The number of halogens is 1.